The van der Waals surface area contributed by atoms with E-state index in [2.05, 4.69) is 55.5 Å². The lowest BCUT2D eigenvalue weighted by molar-refractivity contribution is -0.870. The summed E-state index contributed by atoms with van der Waals surface area (Å²) in [6.45, 7) is 2.36. The van der Waals surface area contributed by atoms with Crippen LogP contribution in [0.15, 0.2) is 48.6 Å². The second-order valence-corrected chi connectivity index (χ2v) is 16.5. The number of allylic oxidation sites excluding steroid dienone is 8. The number of carboxylic acid groups (broad SMARTS) is 1. The summed E-state index contributed by atoms with van der Waals surface area (Å²) in [5.41, 5.74) is 0. The third-order valence-corrected chi connectivity index (χ3v) is 9.82. The lowest BCUT2D eigenvalue weighted by Crippen LogP contribution is -2.44. The van der Waals surface area contributed by atoms with E-state index < -0.39 is 18.4 Å². The van der Waals surface area contributed by atoms with Gasteiger partial charge < -0.3 is 33.7 Å². The Labute approximate surface area is 344 Å². The predicted octanol–water partition coefficient (Wildman–Crippen LogP) is 10.9. The number of carbonyl (C=O) groups excluding carboxylic acids is 2. The molecule has 0 saturated heterocycles. The van der Waals surface area contributed by atoms with E-state index in [0.717, 1.165) is 44.9 Å². The molecule has 0 aliphatic carbocycles. The number of hydrogen-bond donors (Lipinski definition) is 1. The Morgan fingerprint density at radius 3 is 1.36 bits per heavy atom. The highest BCUT2D eigenvalue weighted by Crippen LogP contribution is 2.16. The van der Waals surface area contributed by atoms with Crippen molar-refractivity contribution < 1.29 is 38.5 Å². The third kappa shape index (κ3) is 42.9. The second kappa shape index (κ2) is 40.9. The van der Waals surface area contributed by atoms with E-state index >= 15 is 0 Å². The van der Waals surface area contributed by atoms with E-state index in [9.17, 15) is 19.8 Å². The number of aliphatic carboxylic acids is 1. The number of aliphatic hydroxyl groups excluding tert-OH is 1. The number of quaternary nitrogens is 1. The van der Waals surface area contributed by atoms with Crippen LogP contribution in [-0.4, -0.2) is 81.4 Å². The molecule has 0 radical (unpaired) electrons. The van der Waals surface area contributed by atoms with Gasteiger partial charge in [-0.05, 0) is 44.9 Å². The van der Waals surface area contributed by atoms with Gasteiger partial charge >= 0.3 is 5.97 Å². The molecule has 56 heavy (non-hydrogen) atoms. The number of likely N-dealkylation sites (N-methyl/N-ethyl adjacent to an activating group) is 1. The summed E-state index contributed by atoms with van der Waals surface area (Å²) < 4.78 is 16.0. The Morgan fingerprint density at radius 1 is 0.554 bits per heavy atom. The summed E-state index contributed by atoms with van der Waals surface area (Å²) in [4.78, 5) is 23.2. The molecule has 0 aromatic carbocycles. The quantitative estimate of drug-likeness (QED) is 0.0216. The first-order valence-corrected chi connectivity index (χ1v) is 22.8. The van der Waals surface area contributed by atoms with Gasteiger partial charge in [0.05, 0.1) is 40.3 Å². The van der Waals surface area contributed by atoms with Crippen molar-refractivity contribution in [2.75, 3.05) is 47.5 Å². The van der Waals surface area contributed by atoms with Crippen LogP contribution in [0.3, 0.4) is 0 Å². The van der Waals surface area contributed by atoms with E-state index in [4.69, 9.17) is 14.2 Å². The largest absolute Gasteiger partial charge is 0.545 e. The first kappa shape index (κ1) is 53.7. The van der Waals surface area contributed by atoms with E-state index in [0.29, 0.717) is 17.4 Å². The molecule has 0 fully saturated rings. The fourth-order valence-electron chi connectivity index (χ4n) is 6.29. The van der Waals surface area contributed by atoms with Crippen molar-refractivity contribution in [3.63, 3.8) is 0 Å². The van der Waals surface area contributed by atoms with Crippen LogP contribution in [-0.2, 0) is 23.8 Å². The van der Waals surface area contributed by atoms with E-state index in [1.807, 2.05) is 21.1 Å². The van der Waals surface area contributed by atoms with Crippen LogP contribution in [0.1, 0.15) is 187 Å². The molecule has 0 aromatic rings. The molecule has 0 bridgehead atoms. The van der Waals surface area contributed by atoms with Gasteiger partial charge in [-0.25, -0.2) is 0 Å². The standard InChI is InChI=1S/C48H87NO7/c1-5-6-7-8-9-10-11-12-13-14-15-16-17-18-19-20-21-22-23-24-25-26-27-28-29-30-31-32-33-34-35-36-37-38-39-40-46(51)55-43-45(50)44-56-48(47(52)53)54-42-41-49(2,3)4/h6-7,9-10,12-13,15-16,45,48,50H,5,8,11,14,17-44H2,1-4H3/b7-6-,10-9-,13-12-,16-15-. The number of aliphatic hydroxyl groups is 1. The molecule has 8 nitrogen and oxygen atoms in total. The van der Waals surface area contributed by atoms with Gasteiger partial charge in [0, 0.05) is 6.42 Å². The van der Waals surface area contributed by atoms with Gasteiger partial charge in [0.2, 0.25) is 0 Å². The predicted molar refractivity (Wildman–Crippen MR) is 232 cm³/mol. The molecule has 0 spiro atoms. The topological polar surface area (TPSA) is 105 Å². The molecule has 0 rings (SSSR count). The third-order valence-electron chi connectivity index (χ3n) is 9.82. The molecule has 8 heteroatoms. The minimum atomic E-state index is -1.57. The Kier molecular flexibility index (Phi) is 39.3. The molecule has 0 aliphatic heterocycles. The first-order valence-electron chi connectivity index (χ1n) is 22.8. The molecule has 0 aliphatic rings. The molecule has 0 saturated carbocycles. The highest BCUT2D eigenvalue weighted by molar-refractivity contribution is 5.69. The summed E-state index contributed by atoms with van der Waals surface area (Å²) in [6, 6.07) is 0. The molecule has 2 unspecified atom stereocenters. The van der Waals surface area contributed by atoms with Crippen LogP contribution in [0.2, 0.25) is 0 Å². The first-order chi connectivity index (χ1) is 27.2. The van der Waals surface area contributed by atoms with Crippen LogP contribution in [0.25, 0.3) is 0 Å². The molecule has 326 valence electrons. The van der Waals surface area contributed by atoms with E-state index in [1.54, 1.807) is 0 Å². The van der Waals surface area contributed by atoms with Gasteiger partial charge in [-0.2, -0.15) is 0 Å². The van der Waals surface area contributed by atoms with Crippen molar-refractivity contribution in [2.45, 2.75) is 199 Å². The Balaban J connectivity index is 3.39. The summed E-state index contributed by atoms with van der Waals surface area (Å²) in [5, 5.41) is 21.2. The van der Waals surface area contributed by atoms with Crippen molar-refractivity contribution in [3.05, 3.63) is 48.6 Å². The van der Waals surface area contributed by atoms with Crippen molar-refractivity contribution in [1.82, 2.24) is 0 Å². The molecule has 2 atom stereocenters. The summed E-state index contributed by atoms with van der Waals surface area (Å²) in [5.74, 6) is -1.87. The van der Waals surface area contributed by atoms with Gasteiger partial charge in [-0.1, -0.05) is 184 Å². The number of rotatable bonds is 42. The molecule has 1 N–H and O–H groups in total. The van der Waals surface area contributed by atoms with Gasteiger partial charge in [0.25, 0.3) is 0 Å². The summed E-state index contributed by atoms with van der Waals surface area (Å²) in [6.07, 6.45) is 50.2. The number of carbonyl (C=O) groups is 2. The van der Waals surface area contributed by atoms with Crippen molar-refractivity contribution in [2.24, 2.45) is 0 Å². The maximum absolute atomic E-state index is 12.0. The lowest BCUT2D eigenvalue weighted by Gasteiger charge is -2.26. The average Bonchev–Trinajstić information content (AvgIpc) is 3.16. The Hall–Kier alpha value is -2.26. The van der Waals surface area contributed by atoms with Crippen LogP contribution >= 0.6 is 0 Å². The minimum absolute atomic E-state index is 0.171. The van der Waals surface area contributed by atoms with Gasteiger partial charge in [0.1, 0.15) is 19.3 Å². The van der Waals surface area contributed by atoms with Crippen molar-refractivity contribution in [3.8, 4) is 0 Å². The molecule has 0 amide bonds. The number of unbranched alkanes of at least 4 members (excludes halogenated alkanes) is 22. The van der Waals surface area contributed by atoms with Crippen LogP contribution in [0, 0.1) is 0 Å². The molecular weight excluding hydrogens is 703 g/mol. The number of ether oxygens (including phenoxy) is 3. The monoisotopic (exact) mass is 790 g/mol. The van der Waals surface area contributed by atoms with Crippen molar-refractivity contribution in [1.29, 1.82) is 0 Å². The average molecular weight is 790 g/mol. The van der Waals surface area contributed by atoms with Gasteiger partial charge in [-0.3, -0.25) is 4.79 Å². The highest BCUT2D eigenvalue weighted by atomic mass is 16.7. The zero-order chi connectivity index (χ0) is 41.2. The zero-order valence-corrected chi connectivity index (χ0v) is 36.7. The maximum Gasteiger partial charge on any atom is 0.305 e. The van der Waals surface area contributed by atoms with Gasteiger partial charge in [-0.15, -0.1) is 0 Å². The second-order valence-electron chi connectivity index (χ2n) is 16.5. The normalized spacial score (nSPS) is 13.5. The van der Waals surface area contributed by atoms with Crippen LogP contribution in [0.4, 0.5) is 0 Å². The smallest absolute Gasteiger partial charge is 0.305 e. The van der Waals surface area contributed by atoms with E-state index in [1.165, 1.54) is 128 Å². The number of hydrogen-bond acceptors (Lipinski definition) is 7. The number of carboxylic acids is 1. The highest BCUT2D eigenvalue weighted by Gasteiger charge is 2.17. The fourth-order valence-corrected chi connectivity index (χ4v) is 6.29. The van der Waals surface area contributed by atoms with Crippen LogP contribution in [0.5, 0.6) is 0 Å². The lowest BCUT2D eigenvalue weighted by atomic mass is 10.0. The number of esters is 1. The maximum atomic E-state index is 12.0. The van der Waals surface area contributed by atoms with Crippen LogP contribution < -0.4 is 5.11 Å². The molecule has 0 aromatic heterocycles. The zero-order valence-electron chi connectivity index (χ0n) is 36.7. The Morgan fingerprint density at radius 2 is 0.946 bits per heavy atom. The van der Waals surface area contributed by atoms with E-state index in [-0.39, 0.29) is 25.8 Å². The Bertz CT molecular complexity index is 1000. The molecule has 0 heterocycles. The fraction of sp³-hybridized carbons (Fsp3) is 0.792. The summed E-state index contributed by atoms with van der Waals surface area (Å²) in [7, 11) is 5.88. The molecular formula is C48H87NO7. The number of nitrogens with zero attached hydrogens (tertiary/aromatic N) is 1. The van der Waals surface area contributed by atoms with Crippen molar-refractivity contribution >= 4 is 11.9 Å². The summed E-state index contributed by atoms with van der Waals surface area (Å²) >= 11 is 0. The minimum Gasteiger partial charge on any atom is -0.545 e. The SMILES string of the molecule is CC/C=C\C/C=C\C/C=C\C/C=C\CCCCCCCCCCCCCCCCCCCCCCCCC(=O)OCC(O)COC(OCC[N+](C)(C)C)C(=O)[O-]. The van der Waals surface area contributed by atoms with Gasteiger partial charge in [0.15, 0.2) is 6.29 Å².